The van der Waals surface area contributed by atoms with Crippen LogP contribution in [0.4, 0.5) is 5.82 Å². The van der Waals surface area contributed by atoms with Crippen molar-refractivity contribution in [2.24, 2.45) is 0 Å². The summed E-state index contributed by atoms with van der Waals surface area (Å²) in [6.45, 7) is 0.610. The van der Waals surface area contributed by atoms with Crippen LogP contribution in [0.3, 0.4) is 0 Å². The molecule has 0 radical (unpaired) electrons. The SMILES string of the molecule is Nc1ncnc(OCc2ccc3c(c2)OCO3)c1Br. The largest absolute Gasteiger partial charge is 0.472 e. The first kappa shape index (κ1) is 12.0. The van der Waals surface area contributed by atoms with Crippen molar-refractivity contribution in [3.05, 3.63) is 34.6 Å². The summed E-state index contributed by atoms with van der Waals surface area (Å²) in [5.74, 6) is 2.22. The number of hydrogen-bond acceptors (Lipinski definition) is 6. The summed E-state index contributed by atoms with van der Waals surface area (Å²) in [5, 5.41) is 0. The van der Waals surface area contributed by atoms with Crippen molar-refractivity contribution < 1.29 is 14.2 Å². The maximum Gasteiger partial charge on any atom is 0.233 e. The summed E-state index contributed by atoms with van der Waals surface area (Å²) in [7, 11) is 0. The molecule has 0 spiro atoms. The highest BCUT2D eigenvalue weighted by Crippen LogP contribution is 2.33. The van der Waals surface area contributed by atoms with Crippen molar-refractivity contribution >= 4 is 21.7 Å². The van der Waals surface area contributed by atoms with Gasteiger partial charge in [-0.3, -0.25) is 0 Å². The van der Waals surface area contributed by atoms with E-state index < -0.39 is 0 Å². The Morgan fingerprint density at radius 3 is 3.00 bits per heavy atom. The van der Waals surface area contributed by atoms with Gasteiger partial charge in [0.05, 0.1) is 0 Å². The van der Waals surface area contributed by atoms with Gasteiger partial charge in [-0.15, -0.1) is 0 Å². The molecule has 0 bridgehead atoms. The van der Waals surface area contributed by atoms with Gasteiger partial charge in [0.25, 0.3) is 0 Å². The second-order valence-corrected chi connectivity index (χ2v) is 4.65. The molecule has 0 saturated heterocycles. The van der Waals surface area contributed by atoms with Gasteiger partial charge >= 0.3 is 0 Å². The molecule has 6 nitrogen and oxygen atoms in total. The van der Waals surface area contributed by atoms with E-state index in [1.807, 2.05) is 18.2 Å². The zero-order valence-corrected chi connectivity index (χ0v) is 11.4. The van der Waals surface area contributed by atoms with E-state index in [1.54, 1.807) is 0 Å². The van der Waals surface area contributed by atoms with Gasteiger partial charge in [-0.2, -0.15) is 0 Å². The van der Waals surface area contributed by atoms with Crippen LogP contribution in [0.5, 0.6) is 17.4 Å². The van der Waals surface area contributed by atoms with Crippen molar-refractivity contribution in [1.82, 2.24) is 9.97 Å². The van der Waals surface area contributed by atoms with Gasteiger partial charge in [-0.1, -0.05) is 6.07 Å². The van der Waals surface area contributed by atoms with Crippen LogP contribution in [0, 0.1) is 0 Å². The topological polar surface area (TPSA) is 79.5 Å². The second-order valence-electron chi connectivity index (χ2n) is 3.85. The third-order valence-electron chi connectivity index (χ3n) is 2.60. The number of halogens is 1. The average Bonchev–Trinajstić information content (AvgIpc) is 2.88. The molecule has 98 valence electrons. The van der Waals surface area contributed by atoms with Crippen LogP contribution in [-0.4, -0.2) is 16.8 Å². The molecule has 3 rings (SSSR count). The fourth-order valence-electron chi connectivity index (χ4n) is 1.65. The predicted molar refractivity (Wildman–Crippen MR) is 71.0 cm³/mol. The maximum atomic E-state index is 5.65. The van der Waals surface area contributed by atoms with Crippen LogP contribution < -0.4 is 19.9 Å². The van der Waals surface area contributed by atoms with Crippen LogP contribution in [-0.2, 0) is 6.61 Å². The van der Waals surface area contributed by atoms with E-state index >= 15 is 0 Å². The fourth-order valence-corrected chi connectivity index (χ4v) is 1.97. The first-order chi connectivity index (χ1) is 9.24. The molecule has 1 aromatic heterocycles. The number of nitrogens with zero attached hydrogens (tertiary/aromatic N) is 2. The van der Waals surface area contributed by atoms with Gasteiger partial charge in [-0.25, -0.2) is 9.97 Å². The van der Waals surface area contributed by atoms with Gasteiger partial charge in [0.15, 0.2) is 11.5 Å². The second kappa shape index (κ2) is 4.93. The number of benzene rings is 1. The lowest BCUT2D eigenvalue weighted by Gasteiger charge is -2.08. The molecule has 0 aliphatic carbocycles. The normalized spacial score (nSPS) is 12.5. The molecule has 0 fully saturated rings. The molecule has 0 saturated carbocycles. The van der Waals surface area contributed by atoms with E-state index in [-0.39, 0.29) is 6.79 Å². The fraction of sp³-hybridized carbons (Fsp3) is 0.167. The summed E-state index contributed by atoms with van der Waals surface area (Å²) < 4.78 is 16.7. The Labute approximate surface area is 117 Å². The smallest absolute Gasteiger partial charge is 0.233 e. The van der Waals surface area contributed by atoms with E-state index in [9.17, 15) is 0 Å². The lowest BCUT2D eigenvalue weighted by atomic mass is 10.2. The standard InChI is InChI=1S/C12H10BrN3O3/c13-10-11(14)15-5-16-12(10)17-4-7-1-2-8-9(3-7)19-6-18-8/h1-3,5H,4,6H2,(H2,14,15,16). The van der Waals surface area contributed by atoms with Gasteiger partial charge in [0.1, 0.15) is 23.2 Å². The summed E-state index contributed by atoms with van der Waals surface area (Å²) in [6.07, 6.45) is 1.36. The molecule has 7 heteroatoms. The number of hydrogen-bond donors (Lipinski definition) is 1. The number of fused-ring (bicyclic) bond motifs is 1. The van der Waals surface area contributed by atoms with Crippen molar-refractivity contribution in [1.29, 1.82) is 0 Å². The summed E-state index contributed by atoms with van der Waals surface area (Å²) in [5.41, 5.74) is 6.60. The number of rotatable bonds is 3. The molecule has 2 aromatic rings. The van der Waals surface area contributed by atoms with Crippen molar-refractivity contribution in [3.63, 3.8) is 0 Å². The lowest BCUT2D eigenvalue weighted by Crippen LogP contribution is -2.01. The van der Waals surface area contributed by atoms with E-state index in [2.05, 4.69) is 25.9 Å². The first-order valence-corrected chi connectivity index (χ1v) is 6.30. The molecule has 1 aliphatic rings. The number of nitrogens with two attached hydrogens (primary N) is 1. The van der Waals surface area contributed by atoms with Crippen LogP contribution in [0.1, 0.15) is 5.56 Å². The minimum absolute atomic E-state index is 0.258. The van der Waals surface area contributed by atoms with Crippen LogP contribution >= 0.6 is 15.9 Å². The lowest BCUT2D eigenvalue weighted by molar-refractivity contribution is 0.174. The maximum absolute atomic E-state index is 5.65. The van der Waals surface area contributed by atoms with E-state index in [0.717, 1.165) is 17.1 Å². The van der Waals surface area contributed by atoms with Crippen LogP contribution in [0.15, 0.2) is 29.0 Å². The molecule has 0 amide bonds. The third kappa shape index (κ3) is 2.41. The molecule has 1 aliphatic heterocycles. The van der Waals surface area contributed by atoms with E-state index in [4.69, 9.17) is 19.9 Å². The molecule has 0 atom stereocenters. The van der Waals surface area contributed by atoms with E-state index in [0.29, 0.717) is 22.8 Å². The highest BCUT2D eigenvalue weighted by atomic mass is 79.9. The molecule has 2 N–H and O–H groups in total. The minimum atomic E-state index is 0.258. The predicted octanol–water partition coefficient (Wildman–Crippen LogP) is 2.13. The third-order valence-corrected chi connectivity index (χ3v) is 3.34. The monoisotopic (exact) mass is 323 g/mol. The molecule has 19 heavy (non-hydrogen) atoms. The van der Waals surface area contributed by atoms with Gasteiger partial charge in [0, 0.05) is 0 Å². The quantitative estimate of drug-likeness (QED) is 0.932. The van der Waals surface area contributed by atoms with Crippen LogP contribution in [0.25, 0.3) is 0 Å². The summed E-state index contributed by atoms with van der Waals surface area (Å²) in [4.78, 5) is 7.86. The summed E-state index contributed by atoms with van der Waals surface area (Å²) >= 11 is 3.28. The Hall–Kier alpha value is -2.02. The minimum Gasteiger partial charge on any atom is -0.472 e. The molecule has 1 aromatic carbocycles. The number of nitrogen functional groups attached to an aromatic ring is 1. The Morgan fingerprint density at radius 1 is 1.26 bits per heavy atom. The van der Waals surface area contributed by atoms with E-state index in [1.165, 1.54) is 6.33 Å². The van der Waals surface area contributed by atoms with Gasteiger partial charge in [-0.05, 0) is 33.6 Å². The zero-order chi connectivity index (χ0) is 13.2. The average molecular weight is 324 g/mol. The summed E-state index contributed by atoms with van der Waals surface area (Å²) in [6, 6.07) is 5.64. The molecular weight excluding hydrogens is 314 g/mol. The number of aromatic nitrogens is 2. The molecular formula is C12H10BrN3O3. The Balaban J connectivity index is 1.74. The van der Waals surface area contributed by atoms with Crippen molar-refractivity contribution in [2.75, 3.05) is 12.5 Å². The number of anilines is 1. The Kier molecular flexibility index (Phi) is 3.12. The van der Waals surface area contributed by atoms with Gasteiger partial charge in [0.2, 0.25) is 12.7 Å². The van der Waals surface area contributed by atoms with Crippen LogP contribution in [0.2, 0.25) is 0 Å². The van der Waals surface area contributed by atoms with Crippen molar-refractivity contribution in [3.8, 4) is 17.4 Å². The molecule has 2 heterocycles. The highest BCUT2D eigenvalue weighted by Gasteiger charge is 2.14. The highest BCUT2D eigenvalue weighted by molar-refractivity contribution is 9.10. The van der Waals surface area contributed by atoms with Gasteiger partial charge < -0.3 is 19.9 Å². The first-order valence-electron chi connectivity index (χ1n) is 5.51. The zero-order valence-electron chi connectivity index (χ0n) is 9.80. The van der Waals surface area contributed by atoms with Crippen molar-refractivity contribution in [2.45, 2.75) is 6.61 Å². The number of ether oxygens (including phenoxy) is 3. The Bertz CT molecular complexity index is 621. The molecule has 0 unspecified atom stereocenters. The Morgan fingerprint density at radius 2 is 2.11 bits per heavy atom.